The first kappa shape index (κ1) is 14.1. The summed E-state index contributed by atoms with van der Waals surface area (Å²) >= 11 is 0. The summed E-state index contributed by atoms with van der Waals surface area (Å²) < 4.78 is 1.60. The van der Waals surface area contributed by atoms with Gasteiger partial charge in [0.15, 0.2) is 6.29 Å². The summed E-state index contributed by atoms with van der Waals surface area (Å²) in [5, 5.41) is 4.48. The van der Waals surface area contributed by atoms with Crippen LogP contribution < -0.4 is 5.73 Å². The first-order chi connectivity index (χ1) is 9.49. The van der Waals surface area contributed by atoms with E-state index in [0.717, 1.165) is 23.0 Å². The van der Waals surface area contributed by atoms with Crippen LogP contribution in [0.3, 0.4) is 0 Å². The van der Waals surface area contributed by atoms with E-state index in [0.29, 0.717) is 23.6 Å². The molecule has 0 saturated carbocycles. The van der Waals surface area contributed by atoms with Crippen LogP contribution in [0.15, 0.2) is 24.8 Å². The van der Waals surface area contributed by atoms with Gasteiger partial charge < -0.3 is 5.73 Å². The van der Waals surface area contributed by atoms with E-state index < -0.39 is 0 Å². The summed E-state index contributed by atoms with van der Waals surface area (Å²) in [6.45, 7) is 10.3. The van der Waals surface area contributed by atoms with Crippen LogP contribution in [0.25, 0.3) is 11.3 Å². The van der Waals surface area contributed by atoms with Crippen molar-refractivity contribution in [3.05, 3.63) is 47.0 Å². The number of allylic oxidation sites excluding steroid dienone is 1. The van der Waals surface area contributed by atoms with Crippen LogP contribution in [0.2, 0.25) is 0 Å². The number of aromatic nitrogens is 2. The van der Waals surface area contributed by atoms with Crippen LogP contribution in [-0.4, -0.2) is 16.1 Å². The van der Waals surface area contributed by atoms with E-state index in [-0.39, 0.29) is 0 Å². The van der Waals surface area contributed by atoms with E-state index in [4.69, 9.17) is 5.73 Å². The van der Waals surface area contributed by atoms with Gasteiger partial charge in [-0.2, -0.15) is 5.10 Å². The molecule has 1 aromatic carbocycles. The summed E-state index contributed by atoms with van der Waals surface area (Å²) in [4.78, 5) is 11.4. The first-order valence-corrected chi connectivity index (χ1v) is 6.50. The van der Waals surface area contributed by atoms with Crippen LogP contribution in [0, 0.1) is 20.8 Å². The van der Waals surface area contributed by atoms with Gasteiger partial charge in [-0.15, -0.1) is 6.58 Å². The normalized spacial score (nSPS) is 10.6. The number of nitrogens with zero attached hydrogens (tertiary/aromatic N) is 2. The zero-order valence-corrected chi connectivity index (χ0v) is 12.1. The summed E-state index contributed by atoms with van der Waals surface area (Å²) in [6.07, 6.45) is 2.48. The lowest BCUT2D eigenvalue weighted by molar-refractivity contribution is 0.112. The Balaban J connectivity index is 2.72. The second-order valence-electron chi connectivity index (χ2n) is 5.01. The molecule has 0 aliphatic heterocycles. The van der Waals surface area contributed by atoms with E-state index in [1.807, 2.05) is 13.8 Å². The van der Waals surface area contributed by atoms with Crippen LogP contribution in [0.4, 0.5) is 5.82 Å². The number of rotatable bonds is 4. The molecule has 1 aromatic heterocycles. The summed E-state index contributed by atoms with van der Waals surface area (Å²) in [6, 6.07) is 4.17. The molecule has 2 aromatic rings. The van der Waals surface area contributed by atoms with E-state index in [9.17, 15) is 4.79 Å². The molecule has 104 valence electrons. The number of benzene rings is 1. The Bertz CT molecular complexity index is 660. The zero-order chi connectivity index (χ0) is 14.9. The topological polar surface area (TPSA) is 60.9 Å². The molecule has 0 spiro atoms. The largest absolute Gasteiger partial charge is 0.383 e. The molecule has 0 unspecified atom stereocenters. The van der Waals surface area contributed by atoms with Crippen LogP contribution in [-0.2, 0) is 6.54 Å². The maximum atomic E-state index is 11.4. The standard InChI is InChI=1S/C16H19N3O/c1-5-6-19-16(17)13(9-20)15(18-19)14-11(3)7-10(2)8-12(14)4/h5,7-9H,1,6,17H2,2-4H3. The number of carbonyl (C=O) groups is 1. The second kappa shape index (κ2) is 5.33. The van der Waals surface area contributed by atoms with E-state index >= 15 is 0 Å². The molecule has 0 bridgehead atoms. The van der Waals surface area contributed by atoms with Crippen molar-refractivity contribution in [2.75, 3.05) is 5.73 Å². The molecule has 2 N–H and O–H groups in total. The Morgan fingerprint density at radius 3 is 2.40 bits per heavy atom. The lowest BCUT2D eigenvalue weighted by Crippen LogP contribution is -2.03. The Labute approximate surface area is 118 Å². The van der Waals surface area contributed by atoms with Gasteiger partial charge in [-0.05, 0) is 31.9 Å². The third-order valence-electron chi connectivity index (χ3n) is 3.36. The summed E-state index contributed by atoms with van der Waals surface area (Å²) in [7, 11) is 0. The average molecular weight is 269 g/mol. The Morgan fingerprint density at radius 2 is 1.90 bits per heavy atom. The molecule has 0 saturated heterocycles. The Hall–Kier alpha value is -2.36. The van der Waals surface area contributed by atoms with Crippen molar-refractivity contribution in [3.63, 3.8) is 0 Å². The maximum absolute atomic E-state index is 11.4. The molecule has 4 nitrogen and oxygen atoms in total. The fourth-order valence-electron chi connectivity index (χ4n) is 2.60. The van der Waals surface area contributed by atoms with Gasteiger partial charge in [-0.1, -0.05) is 23.8 Å². The van der Waals surface area contributed by atoms with Crippen molar-refractivity contribution >= 4 is 12.1 Å². The number of hydrogen-bond donors (Lipinski definition) is 1. The summed E-state index contributed by atoms with van der Waals surface area (Å²) in [5.74, 6) is 0.384. The molecule has 0 amide bonds. The molecule has 2 rings (SSSR count). The number of hydrogen-bond acceptors (Lipinski definition) is 3. The molecule has 0 fully saturated rings. The first-order valence-electron chi connectivity index (χ1n) is 6.50. The van der Waals surface area contributed by atoms with Gasteiger partial charge in [-0.25, -0.2) is 4.68 Å². The van der Waals surface area contributed by atoms with Crippen molar-refractivity contribution in [1.82, 2.24) is 9.78 Å². The highest BCUT2D eigenvalue weighted by atomic mass is 16.1. The van der Waals surface area contributed by atoms with E-state index in [2.05, 4.69) is 30.7 Å². The Morgan fingerprint density at radius 1 is 1.30 bits per heavy atom. The molecule has 0 aliphatic carbocycles. The fraction of sp³-hybridized carbons (Fsp3) is 0.250. The van der Waals surface area contributed by atoms with Gasteiger partial charge in [0.25, 0.3) is 0 Å². The van der Waals surface area contributed by atoms with E-state index in [1.54, 1.807) is 10.8 Å². The maximum Gasteiger partial charge on any atom is 0.156 e. The van der Waals surface area contributed by atoms with Crippen molar-refractivity contribution < 1.29 is 4.79 Å². The highest BCUT2D eigenvalue weighted by Crippen LogP contribution is 2.32. The third kappa shape index (κ3) is 2.25. The average Bonchev–Trinajstić information content (AvgIpc) is 2.65. The number of aldehydes is 1. The third-order valence-corrected chi connectivity index (χ3v) is 3.36. The number of anilines is 1. The van der Waals surface area contributed by atoms with Crippen molar-refractivity contribution in [2.24, 2.45) is 0 Å². The quantitative estimate of drug-likeness (QED) is 0.685. The lowest BCUT2D eigenvalue weighted by atomic mass is 9.95. The SMILES string of the molecule is C=CCn1nc(-c2c(C)cc(C)cc2C)c(C=O)c1N. The van der Waals surface area contributed by atoms with E-state index in [1.165, 1.54) is 5.56 Å². The van der Waals surface area contributed by atoms with Gasteiger partial charge in [0.2, 0.25) is 0 Å². The van der Waals surface area contributed by atoms with Gasteiger partial charge in [0.1, 0.15) is 11.5 Å². The molecular weight excluding hydrogens is 250 g/mol. The predicted octanol–water partition coefficient (Wildman–Crippen LogP) is 3.06. The minimum atomic E-state index is 0.384. The summed E-state index contributed by atoms with van der Waals surface area (Å²) in [5.41, 5.74) is 11.4. The fourth-order valence-corrected chi connectivity index (χ4v) is 2.60. The van der Waals surface area contributed by atoms with Crippen LogP contribution in [0.1, 0.15) is 27.0 Å². The smallest absolute Gasteiger partial charge is 0.156 e. The minimum Gasteiger partial charge on any atom is -0.383 e. The predicted molar refractivity (Wildman–Crippen MR) is 81.9 cm³/mol. The molecule has 4 heteroatoms. The van der Waals surface area contributed by atoms with Crippen LogP contribution >= 0.6 is 0 Å². The van der Waals surface area contributed by atoms with Crippen molar-refractivity contribution in [2.45, 2.75) is 27.3 Å². The number of aryl methyl sites for hydroxylation is 3. The molecular formula is C16H19N3O. The minimum absolute atomic E-state index is 0.384. The highest BCUT2D eigenvalue weighted by Gasteiger charge is 2.19. The molecule has 0 aliphatic rings. The molecule has 0 radical (unpaired) electrons. The van der Waals surface area contributed by atoms with Gasteiger partial charge in [0.05, 0.1) is 12.1 Å². The van der Waals surface area contributed by atoms with Crippen molar-refractivity contribution in [1.29, 1.82) is 0 Å². The van der Waals surface area contributed by atoms with Crippen LogP contribution in [0.5, 0.6) is 0 Å². The lowest BCUT2D eigenvalue weighted by Gasteiger charge is -2.09. The molecule has 0 atom stereocenters. The number of nitrogen functional groups attached to an aromatic ring is 1. The molecule has 1 heterocycles. The van der Waals surface area contributed by atoms with Crippen molar-refractivity contribution in [3.8, 4) is 11.3 Å². The van der Waals surface area contributed by atoms with Gasteiger partial charge in [0, 0.05) is 5.56 Å². The highest BCUT2D eigenvalue weighted by molar-refractivity contribution is 5.93. The number of carbonyl (C=O) groups excluding carboxylic acids is 1. The van der Waals surface area contributed by atoms with Gasteiger partial charge >= 0.3 is 0 Å². The second-order valence-corrected chi connectivity index (χ2v) is 5.01. The molecule has 20 heavy (non-hydrogen) atoms. The zero-order valence-electron chi connectivity index (χ0n) is 12.1. The Kier molecular flexibility index (Phi) is 3.74. The van der Waals surface area contributed by atoms with Gasteiger partial charge in [-0.3, -0.25) is 4.79 Å². The monoisotopic (exact) mass is 269 g/mol. The number of nitrogens with two attached hydrogens (primary N) is 1.